The number of hydrogen-bond acceptors (Lipinski definition) is 7. The number of hydrogen-bond donors (Lipinski definition) is 1. The van der Waals surface area contributed by atoms with Gasteiger partial charge in [-0.25, -0.2) is 0 Å². The molecule has 0 saturated carbocycles. The second-order valence-corrected chi connectivity index (χ2v) is 9.08. The van der Waals surface area contributed by atoms with Crippen molar-refractivity contribution < 1.29 is 18.7 Å². The van der Waals surface area contributed by atoms with Gasteiger partial charge in [-0.2, -0.15) is 0 Å². The first-order chi connectivity index (χ1) is 15.5. The fourth-order valence-electron chi connectivity index (χ4n) is 3.36. The lowest BCUT2D eigenvalue weighted by Crippen LogP contribution is -2.33. The van der Waals surface area contributed by atoms with E-state index in [2.05, 4.69) is 29.4 Å². The Bertz CT molecular complexity index is 1090. The summed E-state index contributed by atoms with van der Waals surface area (Å²) in [6.45, 7) is 5.39. The van der Waals surface area contributed by atoms with Crippen LogP contribution in [0.4, 0.5) is 0 Å². The van der Waals surface area contributed by atoms with Crippen LogP contribution in [0.1, 0.15) is 31.9 Å². The summed E-state index contributed by atoms with van der Waals surface area (Å²) in [6, 6.07) is 12.8. The molecule has 1 aliphatic heterocycles. The zero-order chi connectivity index (χ0) is 22.5. The Labute approximate surface area is 195 Å². The van der Waals surface area contributed by atoms with Crippen molar-refractivity contribution in [2.45, 2.75) is 31.5 Å². The minimum absolute atomic E-state index is 0.122. The molecule has 1 aromatic heterocycles. The lowest BCUT2D eigenvalue weighted by Gasteiger charge is -2.23. The van der Waals surface area contributed by atoms with Gasteiger partial charge in [0, 0.05) is 17.0 Å². The summed E-state index contributed by atoms with van der Waals surface area (Å²) in [7, 11) is 0. The van der Waals surface area contributed by atoms with E-state index < -0.39 is 0 Å². The Balaban J connectivity index is 1.38. The number of nitrogens with one attached hydrogen (secondary N) is 1. The Morgan fingerprint density at radius 3 is 2.72 bits per heavy atom. The number of rotatable bonds is 7. The maximum Gasteiger partial charge on any atom is 0.277 e. The van der Waals surface area contributed by atoms with Crippen LogP contribution >= 0.6 is 23.4 Å². The van der Waals surface area contributed by atoms with E-state index in [0.717, 1.165) is 23.3 Å². The van der Waals surface area contributed by atoms with Gasteiger partial charge in [0.1, 0.15) is 0 Å². The van der Waals surface area contributed by atoms with E-state index in [4.69, 9.17) is 25.5 Å². The van der Waals surface area contributed by atoms with Crippen LogP contribution in [-0.2, 0) is 4.79 Å². The molecule has 0 saturated heterocycles. The number of nitrogens with zero attached hydrogens (tertiary/aromatic N) is 2. The van der Waals surface area contributed by atoms with Crippen LogP contribution in [-0.4, -0.2) is 35.1 Å². The van der Waals surface area contributed by atoms with Crippen molar-refractivity contribution in [2.24, 2.45) is 5.92 Å². The van der Waals surface area contributed by atoms with Crippen molar-refractivity contribution in [3.8, 4) is 23.0 Å². The standard InChI is InChI=1S/C23H24ClN3O4S/c1-14(2)21(15-7-8-18-19(12-15)30-10-4-9-29-18)25-20(28)13-32-23-27-26-22(31-23)16-5-3-6-17(24)11-16/h3,5-8,11-12,14,21H,4,9-10,13H2,1-2H3,(H,25,28). The van der Waals surface area contributed by atoms with Gasteiger partial charge in [-0.3, -0.25) is 4.79 Å². The van der Waals surface area contributed by atoms with Crippen molar-refractivity contribution in [1.82, 2.24) is 15.5 Å². The summed E-state index contributed by atoms with van der Waals surface area (Å²) < 4.78 is 17.2. The molecule has 32 heavy (non-hydrogen) atoms. The van der Waals surface area contributed by atoms with Crippen LogP contribution in [0, 0.1) is 5.92 Å². The monoisotopic (exact) mass is 473 g/mol. The van der Waals surface area contributed by atoms with Gasteiger partial charge >= 0.3 is 0 Å². The van der Waals surface area contributed by atoms with E-state index in [9.17, 15) is 4.79 Å². The van der Waals surface area contributed by atoms with Crippen molar-refractivity contribution in [3.63, 3.8) is 0 Å². The molecular formula is C23H24ClN3O4S. The normalized spacial score (nSPS) is 14.1. The number of thioether (sulfide) groups is 1. The van der Waals surface area contributed by atoms with E-state index in [1.807, 2.05) is 30.3 Å². The van der Waals surface area contributed by atoms with Crippen LogP contribution < -0.4 is 14.8 Å². The minimum atomic E-state index is -0.162. The average Bonchev–Trinajstić information content (AvgIpc) is 3.13. The molecule has 9 heteroatoms. The van der Waals surface area contributed by atoms with Crippen molar-refractivity contribution in [2.75, 3.05) is 19.0 Å². The van der Waals surface area contributed by atoms with Crippen molar-refractivity contribution >= 4 is 29.3 Å². The molecule has 168 valence electrons. The highest BCUT2D eigenvalue weighted by atomic mass is 35.5. The first-order valence-electron chi connectivity index (χ1n) is 10.4. The number of halogens is 1. The summed E-state index contributed by atoms with van der Waals surface area (Å²) in [6.07, 6.45) is 0.847. The molecular weight excluding hydrogens is 450 g/mol. The molecule has 1 amide bonds. The molecule has 0 aliphatic carbocycles. The second-order valence-electron chi connectivity index (χ2n) is 7.72. The number of fused-ring (bicyclic) bond motifs is 1. The smallest absolute Gasteiger partial charge is 0.277 e. The number of amides is 1. The van der Waals surface area contributed by atoms with Gasteiger partial charge in [-0.1, -0.05) is 49.3 Å². The van der Waals surface area contributed by atoms with Crippen LogP contribution in [0.2, 0.25) is 5.02 Å². The van der Waals surface area contributed by atoms with Gasteiger partial charge < -0.3 is 19.2 Å². The zero-order valence-corrected chi connectivity index (χ0v) is 19.4. The minimum Gasteiger partial charge on any atom is -0.490 e. The molecule has 1 aliphatic rings. The van der Waals surface area contributed by atoms with Gasteiger partial charge in [0.25, 0.3) is 5.22 Å². The fraction of sp³-hybridized carbons (Fsp3) is 0.348. The largest absolute Gasteiger partial charge is 0.490 e. The van der Waals surface area contributed by atoms with E-state index >= 15 is 0 Å². The fourth-order valence-corrected chi connectivity index (χ4v) is 4.12. The maximum atomic E-state index is 12.7. The first-order valence-corrected chi connectivity index (χ1v) is 11.8. The molecule has 2 heterocycles. The number of carbonyl (C=O) groups is 1. The summed E-state index contributed by atoms with van der Waals surface area (Å²) in [5.74, 6) is 2.04. The number of carbonyl (C=O) groups excluding carboxylic acids is 1. The first kappa shape index (κ1) is 22.5. The highest BCUT2D eigenvalue weighted by molar-refractivity contribution is 7.99. The van der Waals surface area contributed by atoms with E-state index in [0.29, 0.717) is 35.1 Å². The second kappa shape index (κ2) is 10.3. The summed E-state index contributed by atoms with van der Waals surface area (Å²) in [5, 5.41) is 12.1. The Morgan fingerprint density at radius 2 is 1.94 bits per heavy atom. The van der Waals surface area contributed by atoms with Gasteiger partial charge in [-0.15, -0.1) is 10.2 Å². The molecule has 1 atom stereocenters. The lowest BCUT2D eigenvalue weighted by atomic mass is 9.95. The Hall–Kier alpha value is -2.71. The molecule has 1 N–H and O–H groups in total. The molecule has 0 radical (unpaired) electrons. The topological polar surface area (TPSA) is 86.5 Å². The lowest BCUT2D eigenvalue weighted by molar-refractivity contribution is -0.119. The summed E-state index contributed by atoms with van der Waals surface area (Å²) >= 11 is 7.21. The molecule has 7 nitrogen and oxygen atoms in total. The predicted octanol–water partition coefficient (Wildman–Crippen LogP) is 5.16. The Morgan fingerprint density at radius 1 is 1.12 bits per heavy atom. The van der Waals surface area contributed by atoms with E-state index in [-0.39, 0.29) is 23.6 Å². The third-order valence-corrected chi connectivity index (χ3v) is 5.97. The maximum absolute atomic E-state index is 12.7. The summed E-state index contributed by atoms with van der Waals surface area (Å²) in [4.78, 5) is 12.7. The quantitative estimate of drug-likeness (QED) is 0.474. The van der Waals surface area contributed by atoms with Gasteiger partial charge in [-0.05, 0) is 41.8 Å². The van der Waals surface area contributed by atoms with Gasteiger partial charge in [0.05, 0.1) is 25.0 Å². The number of benzene rings is 2. The average molecular weight is 474 g/mol. The molecule has 2 aromatic carbocycles. The van der Waals surface area contributed by atoms with Crippen molar-refractivity contribution in [3.05, 3.63) is 53.1 Å². The molecule has 0 fully saturated rings. The predicted molar refractivity (Wildman–Crippen MR) is 123 cm³/mol. The number of ether oxygens (including phenoxy) is 2. The van der Waals surface area contributed by atoms with Crippen LogP contribution in [0.5, 0.6) is 11.5 Å². The highest BCUT2D eigenvalue weighted by Gasteiger charge is 2.22. The molecule has 3 aromatic rings. The van der Waals surface area contributed by atoms with Crippen LogP contribution in [0.15, 0.2) is 52.1 Å². The SMILES string of the molecule is CC(C)C(NC(=O)CSc1nnc(-c2cccc(Cl)c2)o1)c1ccc2c(c1)OCCCO2. The van der Waals surface area contributed by atoms with E-state index in [1.165, 1.54) is 11.8 Å². The molecule has 4 rings (SSSR count). The van der Waals surface area contributed by atoms with Crippen LogP contribution in [0.25, 0.3) is 11.5 Å². The molecule has 0 bridgehead atoms. The third kappa shape index (κ3) is 5.55. The number of aromatic nitrogens is 2. The highest BCUT2D eigenvalue weighted by Crippen LogP contribution is 2.34. The molecule has 1 unspecified atom stereocenters. The van der Waals surface area contributed by atoms with Gasteiger partial charge in [0.15, 0.2) is 11.5 Å². The van der Waals surface area contributed by atoms with E-state index in [1.54, 1.807) is 12.1 Å². The van der Waals surface area contributed by atoms with Crippen LogP contribution in [0.3, 0.4) is 0 Å². The van der Waals surface area contributed by atoms with Crippen molar-refractivity contribution in [1.29, 1.82) is 0 Å². The Kier molecular flexibility index (Phi) is 7.22. The van der Waals surface area contributed by atoms with Gasteiger partial charge in [0.2, 0.25) is 11.8 Å². The summed E-state index contributed by atoms with van der Waals surface area (Å²) in [5.41, 5.74) is 1.71. The third-order valence-electron chi connectivity index (χ3n) is 4.92. The zero-order valence-electron chi connectivity index (χ0n) is 17.8. The molecule has 0 spiro atoms.